The zero-order valence-corrected chi connectivity index (χ0v) is 17.2. The van der Waals surface area contributed by atoms with Crippen LogP contribution in [0.2, 0.25) is 0 Å². The Morgan fingerprint density at radius 2 is 1.50 bits per heavy atom. The fraction of sp³-hybridized carbons (Fsp3) is 0.500. The highest BCUT2D eigenvalue weighted by molar-refractivity contribution is 5.80. The molecule has 1 aromatic heterocycles. The molecule has 0 amide bonds. The highest BCUT2D eigenvalue weighted by Crippen LogP contribution is 2.19. The molecule has 160 valence electrons. The average Bonchev–Trinajstić information content (AvgIpc) is 2.81. The van der Waals surface area contributed by atoms with Crippen molar-refractivity contribution in [2.24, 2.45) is 5.10 Å². The van der Waals surface area contributed by atoms with Gasteiger partial charge in [-0.25, -0.2) is 5.43 Å². The second-order valence-corrected chi connectivity index (χ2v) is 6.83. The number of ether oxygens (including phenoxy) is 3. The van der Waals surface area contributed by atoms with Crippen molar-refractivity contribution in [1.29, 1.82) is 0 Å². The van der Waals surface area contributed by atoms with Gasteiger partial charge in [0.25, 0.3) is 0 Å². The van der Waals surface area contributed by atoms with Crippen LogP contribution in [0.5, 0.6) is 5.75 Å². The first-order chi connectivity index (χ1) is 14.8. The van der Waals surface area contributed by atoms with Gasteiger partial charge in [0.1, 0.15) is 5.75 Å². The Balaban J connectivity index is 1.50. The van der Waals surface area contributed by atoms with Crippen LogP contribution in [0.4, 0.5) is 17.8 Å². The lowest BCUT2D eigenvalue weighted by molar-refractivity contribution is 0.121. The Morgan fingerprint density at radius 1 is 0.933 bits per heavy atom. The average molecular weight is 413 g/mol. The zero-order valence-electron chi connectivity index (χ0n) is 17.2. The Hall–Kier alpha value is -2.98. The Kier molecular flexibility index (Phi) is 6.88. The van der Waals surface area contributed by atoms with Gasteiger partial charge in [-0.3, -0.25) is 0 Å². The molecule has 0 bridgehead atoms. The van der Waals surface area contributed by atoms with Crippen molar-refractivity contribution in [2.75, 3.05) is 74.4 Å². The number of hydrogen-bond acceptors (Lipinski definition) is 10. The summed E-state index contributed by atoms with van der Waals surface area (Å²) in [6, 6.07) is 7.73. The van der Waals surface area contributed by atoms with E-state index in [1.165, 1.54) is 0 Å². The van der Waals surface area contributed by atoms with Crippen LogP contribution >= 0.6 is 0 Å². The van der Waals surface area contributed by atoms with Crippen LogP contribution in [0.1, 0.15) is 12.5 Å². The van der Waals surface area contributed by atoms with Crippen molar-refractivity contribution < 1.29 is 14.2 Å². The molecule has 0 radical (unpaired) electrons. The molecule has 10 heteroatoms. The van der Waals surface area contributed by atoms with Gasteiger partial charge in [0.05, 0.1) is 39.2 Å². The SMILES string of the molecule is CCOc1ccc(/C=N/Nc2nc(N3CCOCC3)nc(N3CCOCC3)n2)cc1. The maximum atomic E-state index is 5.46. The van der Waals surface area contributed by atoms with Crippen LogP contribution < -0.4 is 20.0 Å². The highest BCUT2D eigenvalue weighted by atomic mass is 16.5. The molecule has 0 spiro atoms. The summed E-state index contributed by atoms with van der Waals surface area (Å²) in [6.07, 6.45) is 1.72. The molecule has 4 rings (SSSR count). The van der Waals surface area contributed by atoms with Gasteiger partial charge in [-0.1, -0.05) is 0 Å². The third-order valence-electron chi connectivity index (χ3n) is 4.77. The predicted molar refractivity (Wildman–Crippen MR) is 115 cm³/mol. The first-order valence-electron chi connectivity index (χ1n) is 10.3. The van der Waals surface area contributed by atoms with E-state index in [1.54, 1.807) is 6.21 Å². The van der Waals surface area contributed by atoms with Gasteiger partial charge in [0.15, 0.2) is 0 Å². The van der Waals surface area contributed by atoms with E-state index in [1.807, 2.05) is 31.2 Å². The van der Waals surface area contributed by atoms with Gasteiger partial charge in [0, 0.05) is 26.2 Å². The second kappa shape index (κ2) is 10.2. The molecule has 2 saturated heterocycles. The zero-order chi connectivity index (χ0) is 20.6. The molecule has 0 aliphatic carbocycles. The standard InChI is InChI=1S/C20H27N7O3/c1-2-30-17-5-3-16(4-6-17)15-21-25-18-22-19(26-7-11-28-12-8-26)24-20(23-18)27-9-13-29-14-10-27/h3-6,15H,2,7-14H2,1H3,(H,22,23,24,25)/b21-15+. The molecule has 3 heterocycles. The maximum Gasteiger partial charge on any atom is 0.250 e. The molecule has 2 fully saturated rings. The van der Waals surface area contributed by atoms with Gasteiger partial charge in [0.2, 0.25) is 17.8 Å². The second-order valence-electron chi connectivity index (χ2n) is 6.83. The van der Waals surface area contributed by atoms with Crippen LogP contribution in [0.25, 0.3) is 0 Å². The molecule has 0 saturated carbocycles. The summed E-state index contributed by atoms with van der Waals surface area (Å²) in [5.41, 5.74) is 3.90. The molecule has 30 heavy (non-hydrogen) atoms. The number of hydrogen-bond donors (Lipinski definition) is 1. The summed E-state index contributed by atoms with van der Waals surface area (Å²) < 4.78 is 16.4. The van der Waals surface area contributed by atoms with Gasteiger partial charge < -0.3 is 24.0 Å². The minimum atomic E-state index is 0.412. The number of nitrogens with one attached hydrogen (secondary N) is 1. The molecular formula is C20H27N7O3. The highest BCUT2D eigenvalue weighted by Gasteiger charge is 2.20. The summed E-state index contributed by atoms with van der Waals surface area (Å²) >= 11 is 0. The van der Waals surface area contributed by atoms with E-state index < -0.39 is 0 Å². The fourth-order valence-electron chi connectivity index (χ4n) is 3.19. The van der Waals surface area contributed by atoms with E-state index >= 15 is 0 Å². The summed E-state index contributed by atoms with van der Waals surface area (Å²) in [5.74, 6) is 2.52. The minimum Gasteiger partial charge on any atom is -0.494 e. The van der Waals surface area contributed by atoms with Crippen molar-refractivity contribution in [1.82, 2.24) is 15.0 Å². The molecule has 10 nitrogen and oxygen atoms in total. The topological polar surface area (TPSA) is 97.2 Å². The van der Waals surface area contributed by atoms with E-state index in [0.717, 1.165) is 37.5 Å². The van der Waals surface area contributed by atoms with E-state index in [2.05, 4.69) is 35.3 Å². The minimum absolute atomic E-state index is 0.412. The first-order valence-corrected chi connectivity index (χ1v) is 10.3. The normalized spacial score (nSPS) is 17.4. The maximum absolute atomic E-state index is 5.46. The van der Waals surface area contributed by atoms with Gasteiger partial charge in [-0.05, 0) is 36.8 Å². The smallest absolute Gasteiger partial charge is 0.250 e. The molecule has 2 aliphatic heterocycles. The summed E-state index contributed by atoms with van der Waals surface area (Å²) in [5, 5.41) is 4.30. The monoisotopic (exact) mass is 413 g/mol. The third kappa shape index (κ3) is 5.33. The van der Waals surface area contributed by atoms with Crippen molar-refractivity contribution in [3.05, 3.63) is 29.8 Å². The number of morpholine rings is 2. The van der Waals surface area contributed by atoms with Crippen LogP contribution in [0.3, 0.4) is 0 Å². The fourth-order valence-corrected chi connectivity index (χ4v) is 3.19. The van der Waals surface area contributed by atoms with Gasteiger partial charge in [-0.15, -0.1) is 0 Å². The quantitative estimate of drug-likeness (QED) is 0.533. The Morgan fingerprint density at radius 3 is 2.03 bits per heavy atom. The summed E-state index contributed by atoms with van der Waals surface area (Å²) in [4.78, 5) is 18.0. The molecular weight excluding hydrogens is 386 g/mol. The van der Waals surface area contributed by atoms with E-state index in [-0.39, 0.29) is 0 Å². The number of hydrazone groups is 1. The summed E-state index contributed by atoms with van der Waals surface area (Å²) in [7, 11) is 0. The lowest BCUT2D eigenvalue weighted by atomic mass is 10.2. The Labute approximate surface area is 175 Å². The lowest BCUT2D eigenvalue weighted by Gasteiger charge is -2.30. The molecule has 2 aromatic rings. The van der Waals surface area contributed by atoms with Crippen molar-refractivity contribution in [3.63, 3.8) is 0 Å². The lowest BCUT2D eigenvalue weighted by Crippen LogP contribution is -2.40. The van der Waals surface area contributed by atoms with Crippen molar-refractivity contribution in [3.8, 4) is 5.75 Å². The Bertz CT molecular complexity index is 799. The number of rotatable bonds is 7. The van der Waals surface area contributed by atoms with Gasteiger partial charge >= 0.3 is 0 Å². The third-order valence-corrected chi connectivity index (χ3v) is 4.77. The summed E-state index contributed by atoms with van der Waals surface area (Å²) in [6.45, 7) is 8.27. The molecule has 1 aromatic carbocycles. The molecule has 0 atom stereocenters. The number of anilines is 3. The van der Waals surface area contributed by atoms with Crippen LogP contribution in [-0.4, -0.2) is 80.4 Å². The van der Waals surface area contributed by atoms with Crippen LogP contribution in [0, 0.1) is 0 Å². The molecule has 0 unspecified atom stereocenters. The van der Waals surface area contributed by atoms with E-state index in [4.69, 9.17) is 14.2 Å². The molecule has 2 aliphatic rings. The molecule has 1 N–H and O–H groups in total. The largest absolute Gasteiger partial charge is 0.494 e. The van der Waals surface area contributed by atoms with Crippen LogP contribution in [0.15, 0.2) is 29.4 Å². The van der Waals surface area contributed by atoms with E-state index in [9.17, 15) is 0 Å². The number of benzene rings is 1. The predicted octanol–water partition coefficient (Wildman–Crippen LogP) is 1.39. The van der Waals surface area contributed by atoms with Crippen LogP contribution in [-0.2, 0) is 9.47 Å². The van der Waals surface area contributed by atoms with E-state index in [0.29, 0.717) is 50.9 Å². The van der Waals surface area contributed by atoms with Crippen molar-refractivity contribution in [2.45, 2.75) is 6.92 Å². The number of nitrogens with zero attached hydrogens (tertiary/aromatic N) is 6. The van der Waals surface area contributed by atoms with Gasteiger partial charge in [-0.2, -0.15) is 20.1 Å². The first kappa shape index (κ1) is 20.3. The van der Waals surface area contributed by atoms with Crippen molar-refractivity contribution >= 4 is 24.1 Å². The number of aromatic nitrogens is 3.